The summed E-state index contributed by atoms with van der Waals surface area (Å²) in [7, 11) is 1.53. The SMILES string of the molecule is C=C(C)C1CCC2(C(=O)OC)CCC3(COC(=O)c4ccc(O)cc4)C(CCC4C5(C)CCC(OC(C)=O)C(C)(C)C5CCC43C)C12. The maximum Gasteiger partial charge on any atom is 0.338 e. The number of rotatable bonds is 6. The smallest absolute Gasteiger partial charge is 0.338 e. The first kappa shape index (κ1) is 34.0. The molecule has 0 bridgehead atoms. The number of carbonyl (C=O) groups excluding carboxylic acids is 3. The van der Waals surface area contributed by atoms with Crippen LogP contribution < -0.4 is 0 Å². The number of phenols is 1. The number of benzene rings is 1. The molecule has 6 rings (SSSR count). The molecule has 1 aromatic carbocycles. The van der Waals surface area contributed by atoms with Crippen LogP contribution in [0.1, 0.15) is 116 Å². The van der Waals surface area contributed by atoms with Crippen LogP contribution in [0.2, 0.25) is 0 Å². The van der Waals surface area contributed by atoms with Crippen molar-refractivity contribution in [1.29, 1.82) is 0 Å². The van der Waals surface area contributed by atoms with Crippen molar-refractivity contribution in [2.24, 2.45) is 56.7 Å². The lowest BCUT2D eigenvalue weighted by Gasteiger charge is -2.73. The van der Waals surface area contributed by atoms with Gasteiger partial charge in [0.1, 0.15) is 11.9 Å². The second kappa shape index (κ2) is 11.7. The normalized spacial score (nSPS) is 41.7. The van der Waals surface area contributed by atoms with Gasteiger partial charge in [0.15, 0.2) is 0 Å². The highest BCUT2D eigenvalue weighted by Crippen LogP contribution is 2.78. The zero-order valence-electron chi connectivity index (χ0n) is 29.7. The zero-order chi connectivity index (χ0) is 34.2. The van der Waals surface area contributed by atoms with Gasteiger partial charge in [-0.15, -0.1) is 0 Å². The number of aromatic hydroxyl groups is 1. The highest BCUT2D eigenvalue weighted by atomic mass is 16.5. The molecule has 47 heavy (non-hydrogen) atoms. The van der Waals surface area contributed by atoms with Gasteiger partial charge in [0.05, 0.1) is 24.7 Å². The van der Waals surface area contributed by atoms with Crippen molar-refractivity contribution >= 4 is 17.9 Å². The van der Waals surface area contributed by atoms with Crippen LogP contribution in [0.25, 0.3) is 0 Å². The van der Waals surface area contributed by atoms with Crippen LogP contribution in [0, 0.1) is 56.7 Å². The Labute approximate surface area is 281 Å². The number of hydrogen-bond acceptors (Lipinski definition) is 7. The highest BCUT2D eigenvalue weighted by molar-refractivity contribution is 5.89. The number of methoxy groups -OCH3 is 1. The molecule has 10 atom stereocenters. The third kappa shape index (κ3) is 4.90. The number of fused-ring (bicyclic) bond motifs is 7. The van der Waals surface area contributed by atoms with Crippen LogP contribution in [0.5, 0.6) is 5.75 Å². The van der Waals surface area contributed by atoms with Crippen LogP contribution in [0.15, 0.2) is 36.4 Å². The minimum Gasteiger partial charge on any atom is -0.508 e. The van der Waals surface area contributed by atoms with E-state index < -0.39 is 5.41 Å². The molecule has 0 saturated heterocycles. The molecule has 5 aliphatic carbocycles. The Bertz CT molecular complexity index is 1430. The fraction of sp³-hybridized carbons (Fsp3) is 0.725. The van der Waals surface area contributed by atoms with E-state index in [0.717, 1.165) is 69.8 Å². The summed E-state index contributed by atoms with van der Waals surface area (Å²) in [5.41, 5.74) is 0.437. The Morgan fingerprint density at radius 3 is 2.21 bits per heavy atom. The maximum absolute atomic E-state index is 13.8. The first-order chi connectivity index (χ1) is 22.1. The van der Waals surface area contributed by atoms with Crippen molar-refractivity contribution in [3.05, 3.63) is 42.0 Å². The van der Waals surface area contributed by atoms with Crippen molar-refractivity contribution in [1.82, 2.24) is 0 Å². The van der Waals surface area contributed by atoms with E-state index >= 15 is 0 Å². The van der Waals surface area contributed by atoms with Gasteiger partial charge in [-0.2, -0.15) is 0 Å². The average molecular weight is 649 g/mol. The fourth-order valence-electron chi connectivity index (χ4n) is 13.1. The number of hydrogen-bond donors (Lipinski definition) is 1. The van der Waals surface area contributed by atoms with Crippen LogP contribution in [-0.2, 0) is 23.8 Å². The van der Waals surface area contributed by atoms with Crippen LogP contribution in [0.3, 0.4) is 0 Å². The van der Waals surface area contributed by atoms with Crippen LogP contribution in [-0.4, -0.2) is 42.8 Å². The Morgan fingerprint density at radius 1 is 0.872 bits per heavy atom. The summed E-state index contributed by atoms with van der Waals surface area (Å²) in [6.45, 7) is 18.0. The van der Waals surface area contributed by atoms with E-state index in [4.69, 9.17) is 14.2 Å². The summed E-state index contributed by atoms with van der Waals surface area (Å²) in [6, 6.07) is 6.27. The Morgan fingerprint density at radius 2 is 1.57 bits per heavy atom. The van der Waals surface area contributed by atoms with Gasteiger partial charge in [-0.3, -0.25) is 9.59 Å². The molecule has 258 valence electrons. The predicted octanol–water partition coefficient (Wildman–Crippen LogP) is 8.29. The predicted molar refractivity (Wildman–Crippen MR) is 179 cm³/mol. The number of carbonyl (C=O) groups is 3. The van der Waals surface area contributed by atoms with Crippen molar-refractivity contribution in [2.45, 2.75) is 112 Å². The van der Waals surface area contributed by atoms with Crippen molar-refractivity contribution in [3.63, 3.8) is 0 Å². The van der Waals surface area contributed by atoms with Crippen LogP contribution >= 0.6 is 0 Å². The topological polar surface area (TPSA) is 99.1 Å². The largest absolute Gasteiger partial charge is 0.508 e. The van der Waals surface area contributed by atoms with Gasteiger partial charge < -0.3 is 19.3 Å². The van der Waals surface area contributed by atoms with Crippen molar-refractivity contribution < 1.29 is 33.7 Å². The van der Waals surface area contributed by atoms with Crippen molar-refractivity contribution in [2.75, 3.05) is 13.7 Å². The van der Waals surface area contributed by atoms with E-state index in [1.165, 1.54) is 26.2 Å². The molecule has 1 N–H and O–H groups in total. The molecule has 5 saturated carbocycles. The van der Waals surface area contributed by atoms with E-state index in [-0.39, 0.29) is 69.2 Å². The fourth-order valence-corrected chi connectivity index (χ4v) is 13.1. The molecule has 5 fully saturated rings. The third-order valence-corrected chi connectivity index (χ3v) is 15.1. The van der Waals surface area contributed by atoms with E-state index in [1.807, 2.05) is 0 Å². The molecule has 0 radical (unpaired) electrons. The molecule has 0 spiro atoms. The lowest BCUT2D eigenvalue weighted by atomic mass is 9.32. The van der Waals surface area contributed by atoms with Gasteiger partial charge >= 0.3 is 17.9 Å². The van der Waals surface area contributed by atoms with E-state index in [0.29, 0.717) is 24.0 Å². The van der Waals surface area contributed by atoms with E-state index in [1.54, 1.807) is 12.1 Å². The van der Waals surface area contributed by atoms with Gasteiger partial charge in [-0.25, -0.2) is 4.79 Å². The van der Waals surface area contributed by atoms with Gasteiger partial charge in [0.25, 0.3) is 0 Å². The second-order valence-electron chi connectivity index (χ2n) is 17.2. The minimum absolute atomic E-state index is 0.0341. The molecule has 5 aliphatic rings. The quantitative estimate of drug-likeness (QED) is 0.188. The van der Waals surface area contributed by atoms with E-state index in [2.05, 4.69) is 41.2 Å². The third-order valence-electron chi connectivity index (χ3n) is 15.1. The average Bonchev–Trinajstić information content (AvgIpc) is 3.42. The number of allylic oxidation sites excluding steroid dienone is 1. The molecule has 0 aromatic heterocycles. The Hall–Kier alpha value is -2.83. The molecule has 7 nitrogen and oxygen atoms in total. The molecule has 7 heteroatoms. The van der Waals surface area contributed by atoms with Crippen molar-refractivity contribution in [3.8, 4) is 5.75 Å². The first-order valence-electron chi connectivity index (χ1n) is 17.9. The van der Waals surface area contributed by atoms with Gasteiger partial charge in [-0.1, -0.05) is 39.8 Å². The molecule has 10 unspecified atom stereocenters. The summed E-state index contributed by atoms with van der Waals surface area (Å²) < 4.78 is 17.9. The standard InChI is InChI=1S/C40H56O7/c1-24(2)28-15-20-39(35(44)45-8)21-22-40(23-46-34(43)26-9-11-27(42)12-10-26)29(33(28)39)13-14-31-37(6)18-17-32(47-25(3)41)36(4,5)30(37)16-19-38(31,40)7/h9-12,28-33,42H,1,13-23H2,2-8H3. The monoisotopic (exact) mass is 648 g/mol. The number of phenolic OH excluding ortho intramolecular Hbond substituents is 1. The molecular weight excluding hydrogens is 592 g/mol. The van der Waals surface area contributed by atoms with Gasteiger partial charge in [0, 0.05) is 17.8 Å². The number of esters is 3. The molecule has 0 aliphatic heterocycles. The van der Waals surface area contributed by atoms with Gasteiger partial charge in [-0.05, 0) is 136 Å². The lowest BCUT2D eigenvalue weighted by molar-refractivity contribution is -0.263. The first-order valence-corrected chi connectivity index (χ1v) is 17.9. The number of ether oxygens (including phenoxy) is 3. The van der Waals surface area contributed by atoms with Crippen LogP contribution in [0.4, 0.5) is 0 Å². The zero-order valence-corrected chi connectivity index (χ0v) is 29.7. The summed E-state index contributed by atoms with van der Waals surface area (Å²) in [5, 5.41) is 9.83. The highest BCUT2D eigenvalue weighted by Gasteiger charge is 2.74. The Balaban J connectivity index is 1.43. The minimum atomic E-state index is -0.540. The lowest BCUT2D eigenvalue weighted by Crippen LogP contribution is -2.69. The molecular formula is C40H56O7. The summed E-state index contributed by atoms with van der Waals surface area (Å²) in [4.78, 5) is 39.5. The summed E-state index contributed by atoms with van der Waals surface area (Å²) >= 11 is 0. The summed E-state index contributed by atoms with van der Waals surface area (Å²) in [5.74, 6) is 0.717. The van der Waals surface area contributed by atoms with E-state index in [9.17, 15) is 19.5 Å². The summed E-state index contributed by atoms with van der Waals surface area (Å²) in [6.07, 6.45) is 9.08. The maximum atomic E-state index is 13.8. The molecule has 0 heterocycles. The molecule has 1 aromatic rings. The van der Waals surface area contributed by atoms with Gasteiger partial charge in [0.2, 0.25) is 0 Å². The Kier molecular flexibility index (Phi) is 8.44. The second-order valence-corrected chi connectivity index (χ2v) is 17.2. The molecule has 0 amide bonds.